The Kier molecular flexibility index (Phi) is 5.01. The highest BCUT2D eigenvalue weighted by Crippen LogP contribution is 2.33. The molecule has 0 spiro atoms. The van der Waals surface area contributed by atoms with Crippen LogP contribution in [0.15, 0.2) is 29.4 Å². The van der Waals surface area contributed by atoms with Crippen LogP contribution in [0.3, 0.4) is 0 Å². The molecule has 1 aromatic heterocycles. The fraction of sp³-hybridized carbons (Fsp3) is 0.412. The Morgan fingerprint density at radius 3 is 2.58 bits per heavy atom. The number of sulfonamides is 1. The van der Waals surface area contributed by atoms with Crippen LogP contribution < -0.4 is 14.4 Å². The van der Waals surface area contributed by atoms with Gasteiger partial charge >= 0.3 is 0 Å². The van der Waals surface area contributed by atoms with E-state index in [9.17, 15) is 8.42 Å². The first kappa shape index (κ1) is 18.4. The molecule has 0 saturated carbocycles. The second-order valence-electron chi connectivity index (χ2n) is 6.12. The first-order valence-electron chi connectivity index (χ1n) is 8.10. The fourth-order valence-corrected chi connectivity index (χ4v) is 4.57. The van der Waals surface area contributed by atoms with Crippen LogP contribution in [0, 0.1) is 0 Å². The predicted octanol–water partition coefficient (Wildman–Crippen LogP) is 1.31. The van der Waals surface area contributed by atoms with Crippen molar-refractivity contribution in [3.8, 4) is 11.5 Å². The Bertz CT molecular complexity index is 915. The van der Waals surface area contributed by atoms with E-state index in [4.69, 9.17) is 9.47 Å². The summed E-state index contributed by atoms with van der Waals surface area (Å²) in [6.45, 7) is 0.564. The summed E-state index contributed by atoms with van der Waals surface area (Å²) in [7, 11) is 3.06. The number of hydrogen-bond acceptors (Lipinski definition) is 7. The summed E-state index contributed by atoms with van der Waals surface area (Å²) in [4.78, 5) is 10.6. The average molecular weight is 378 g/mol. The number of ether oxygens (including phenoxy) is 2. The second-order valence-corrected chi connectivity index (χ2v) is 8.03. The molecular formula is C17H22N4O4S. The van der Waals surface area contributed by atoms with Crippen LogP contribution in [-0.4, -0.2) is 57.6 Å². The molecule has 3 rings (SSSR count). The lowest BCUT2D eigenvalue weighted by atomic mass is 10.1. The molecule has 1 aliphatic rings. The first-order chi connectivity index (χ1) is 12.4. The molecular weight excluding hydrogens is 356 g/mol. The van der Waals surface area contributed by atoms with Crippen molar-refractivity contribution in [1.82, 2.24) is 14.3 Å². The smallest absolute Gasteiger partial charge is 0.247 e. The fourth-order valence-electron chi connectivity index (χ4n) is 3.03. The molecule has 2 aromatic rings. The summed E-state index contributed by atoms with van der Waals surface area (Å²) >= 11 is 0. The van der Waals surface area contributed by atoms with Gasteiger partial charge in [-0.1, -0.05) is 0 Å². The summed E-state index contributed by atoms with van der Waals surface area (Å²) in [5.41, 5.74) is 1.72. The zero-order chi connectivity index (χ0) is 18.9. The Balaban J connectivity index is 1.97. The Morgan fingerprint density at radius 1 is 1.15 bits per heavy atom. The normalized spacial score (nSPS) is 14.6. The SMILES string of the molecule is COc1ccc(S(=O)(=O)N2CCc3c(ncnc3N(C)C)C2)c(OC)c1. The largest absolute Gasteiger partial charge is 0.497 e. The van der Waals surface area contributed by atoms with Gasteiger partial charge < -0.3 is 14.4 Å². The van der Waals surface area contributed by atoms with Crippen LogP contribution in [0.25, 0.3) is 0 Å². The predicted molar refractivity (Wildman–Crippen MR) is 97.2 cm³/mol. The van der Waals surface area contributed by atoms with Crippen molar-refractivity contribution in [2.24, 2.45) is 0 Å². The standard InChI is InChI=1S/C17H22N4O4S/c1-20(2)17-13-7-8-21(10-14(13)18-11-19-17)26(22,23)16-6-5-12(24-3)9-15(16)25-4/h5-6,9,11H,7-8,10H2,1-4H3. The molecule has 0 bridgehead atoms. The second kappa shape index (κ2) is 7.08. The maximum Gasteiger partial charge on any atom is 0.247 e. The van der Waals surface area contributed by atoms with Crippen LogP contribution in [0.1, 0.15) is 11.3 Å². The van der Waals surface area contributed by atoms with Gasteiger partial charge in [-0.25, -0.2) is 18.4 Å². The van der Waals surface area contributed by atoms with E-state index in [2.05, 4.69) is 9.97 Å². The maximum atomic E-state index is 13.1. The maximum absolute atomic E-state index is 13.1. The van der Waals surface area contributed by atoms with Crippen molar-refractivity contribution >= 4 is 15.8 Å². The zero-order valence-corrected chi connectivity index (χ0v) is 16.1. The summed E-state index contributed by atoms with van der Waals surface area (Å²) < 4.78 is 38.1. The number of fused-ring (bicyclic) bond motifs is 1. The van der Waals surface area contributed by atoms with Gasteiger partial charge in [0.15, 0.2) is 0 Å². The minimum Gasteiger partial charge on any atom is -0.497 e. The number of anilines is 1. The first-order valence-corrected chi connectivity index (χ1v) is 9.54. The number of benzene rings is 1. The van der Waals surface area contributed by atoms with E-state index in [1.165, 1.54) is 30.9 Å². The molecule has 0 unspecified atom stereocenters. The summed E-state index contributed by atoms with van der Waals surface area (Å²) in [6, 6.07) is 4.68. The van der Waals surface area contributed by atoms with Gasteiger partial charge in [0.25, 0.3) is 0 Å². The van der Waals surface area contributed by atoms with Crippen LogP contribution >= 0.6 is 0 Å². The summed E-state index contributed by atoms with van der Waals surface area (Å²) in [5, 5.41) is 0. The minimum atomic E-state index is -3.73. The highest BCUT2D eigenvalue weighted by molar-refractivity contribution is 7.89. The van der Waals surface area contributed by atoms with Crippen molar-refractivity contribution in [3.63, 3.8) is 0 Å². The molecule has 0 aliphatic carbocycles. The van der Waals surface area contributed by atoms with Gasteiger partial charge in [-0.05, 0) is 18.6 Å². The van der Waals surface area contributed by atoms with E-state index in [1.807, 2.05) is 19.0 Å². The number of nitrogens with zero attached hydrogens (tertiary/aromatic N) is 4. The van der Waals surface area contributed by atoms with Crippen molar-refractivity contribution in [3.05, 3.63) is 35.8 Å². The number of methoxy groups -OCH3 is 2. The highest BCUT2D eigenvalue weighted by atomic mass is 32.2. The Hall–Kier alpha value is -2.39. The summed E-state index contributed by atoms with van der Waals surface area (Å²) in [5.74, 6) is 1.62. The van der Waals surface area contributed by atoms with Gasteiger partial charge in [0.2, 0.25) is 10.0 Å². The highest BCUT2D eigenvalue weighted by Gasteiger charge is 2.32. The minimum absolute atomic E-state index is 0.117. The molecule has 2 heterocycles. The summed E-state index contributed by atoms with van der Waals surface area (Å²) in [6.07, 6.45) is 2.03. The Labute approximate surface area is 153 Å². The van der Waals surface area contributed by atoms with Crippen LogP contribution in [-0.2, 0) is 23.0 Å². The lowest BCUT2D eigenvalue weighted by Gasteiger charge is -2.29. The van der Waals surface area contributed by atoms with Gasteiger partial charge in [0, 0.05) is 32.3 Å². The molecule has 0 amide bonds. The molecule has 0 fully saturated rings. The number of rotatable bonds is 5. The monoisotopic (exact) mass is 378 g/mol. The van der Waals surface area contributed by atoms with Crippen molar-refractivity contribution < 1.29 is 17.9 Å². The quantitative estimate of drug-likeness (QED) is 0.775. The third-order valence-electron chi connectivity index (χ3n) is 4.36. The van der Waals surface area contributed by atoms with Crippen LogP contribution in [0.5, 0.6) is 11.5 Å². The van der Waals surface area contributed by atoms with E-state index >= 15 is 0 Å². The molecule has 0 N–H and O–H groups in total. The van der Waals surface area contributed by atoms with Crippen molar-refractivity contribution in [2.75, 3.05) is 39.8 Å². The topological polar surface area (TPSA) is 84.9 Å². The molecule has 26 heavy (non-hydrogen) atoms. The zero-order valence-electron chi connectivity index (χ0n) is 15.3. The van der Waals surface area contributed by atoms with Crippen LogP contribution in [0.2, 0.25) is 0 Å². The lowest BCUT2D eigenvalue weighted by molar-refractivity contribution is 0.369. The Morgan fingerprint density at radius 2 is 1.92 bits per heavy atom. The molecule has 0 atom stereocenters. The molecule has 0 radical (unpaired) electrons. The molecule has 0 saturated heterocycles. The number of aromatic nitrogens is 2. The molecule has 140 valence electrons. The van der Waals surface area contributed by atoms with E-state index in [1.54, 1.807) is 12.1 Å². The third-order valence-corrected chi connectivity index (χ3v) is 6.25. The average Bonchev–Trinajstić information content (AvgIpc) is 2.66. The van der Waals surface area contributed by atoms with E-state index in [-0.39, 0.29) is 17.2 Å². The van der Waals surface area contributed by atoms with Crippen molar-refractivity contribution in [1.29, 1.82) is 0 Å². The van der Waals surface area contributed by atoms with Crippen molar-refractivity contribution in [2.45, 2.75) is 17.9 Å². The van der Waals surface area contributed by atoms with Gasteiger partial charge in [-0.3, -0.25) is 0 Å². The molecule has 1 aromatic carbocycles. The molecule has 8 nitrogen and oxygen atoms in total. The van der Waals surface area contributed by atoms with Gasteiger partial charge in [-0.15, -0.1) is 0 Å². The number of hydrogen-bond donors (Lipinski definition) is 0. The van der Waals surface area contributed by atoms with E-state index < -0.39 is 10.0 Å². The lowest BCUT2D eigenvalue weighted by Crippen LogP contribution is -2.37. The van der Waals surface area contributed by atoms with Gasteiger partial charge in [-0.2, -0.15) is 4.31 Å². The third kappa shape index (κ3) is 3.19. The molecule has 1 aliphatic heterocycles. The van der Waals surface area contributed by atoms with E-state index in [0.717, 1.165) is 17.1 Å². The van der Waals surface area contributed by atoms with Gasteiger partial charge in [0.1, 0.15) is 28.5 Å². The van der Waals surface area contributed by atoms with Crippen LogP contribution in [0.4, 0.5) is 5.82 Å². The van der Waals surface area contributed by atoms with E-state index in [0.29, 0.717) is 18.7 Å². The molecule has 9 heteroatoms. The van der Waals surface area contributed by atoms with Gasteiger partial charge in [0.05, 0.1) is 26.5 Å².